The first-order valence-electron chi connectivity index (χ1n) is 6.47. The summed E-state index contributed by atoms with van der Waals surface area (Å²) in [6, 6.07) is 7.45. The number of hydrogen-bond acceptors (Lipinski definition) is 3. The van der Waals surface area contributed by atoms with Crippen LogP contribution in [0.15, 0.2) is 24.3 Å². The Morgan fingerprint density at radius 1 is 1.35 bits per heavy atom. The van der Waals surface area contributed by atoms with Gasteiger partial charge >= 0.3 is 0 Å². The van der Waals surface area contributed by atoms with Crippen LogP contribution in [-0.4, -0.2) is 46.5 Å². The summed E-state index contributed by atoms with van der Waals surface area (Å²) in [6.45, 7) is 3.76. The molecule has 6 nitrogen and oxygen atoms in total. The van der Waals surface area contributed by atoms with Crippen molar-refractivity contribution in [1.82, 2.24) is 20.4 Å². The lowest BCUT2D eigenvalue weighted by Gasteiger charge is -2.16. The molecule has 0 fully saturated rings. The molecule has 2 rings (SSSR count). The third kappa shape index (κ3) is 2.96. The molecule has 2 aromatic rings. The average Bonchev–Trinajstić information content (AvgIpc) is 2.80. The second-order valence-corrected chi connectivity index (χ2v) is 5.00. The van der Waals surface area contributed by atoms with Gasteiger partial charge in [-0.05, 0) is 19.9 Å². The first kappa shape index (κ1) is 14.0. The lowest BCUT2D eigenvalue weighted by molar-refractivity contribution is -0.122. The Morgan fingerprint density at radius 3 is 2.75 bits per heavy atom. The van der Waals surface area contributed by atoms with Crippen molar-refractivity contribution in [2.24, 2.45) is 0 Å². The van der Waals surface area contributed by atoms with Gasteiger partial charge in [-0.3, -0.25) is 14.7 Å². The van der Waals surface area contributed by atoms with Crippen molar-refractivity contribution < 1.29 is 9.59 Å². The number of nitrogens with zero attached hydrogens (tertiary/aromatic N) is 2. The van der Waals surface area contributed by atoms with Crippen LogP contribution in [-0.2, 0) is 4.79 Å². The molecule has 6 heteroatoms. The zero-order chi connectivity index (χ0) is 14.7. The topological polar surface area (TPSA) is 78.1 Å². The SMILES string of the molecule is CC(C)NC(=O)CN(C)C(=O)c1n[nH]c2ccccc12. The molecule has 0 aliphatic rings. The van der Waals surface area contributed by atoms with Gasteiger partial charge in [0.25, 0.3) is 5.91 Å². The van der Waals surface area contributed by atoms with Crippen LogP contribution in [0.4, 0.5) is 0 Å². The Hall–Kier alpha value is -2.37. The molecule has 2 amide bonds. The van der Waals surface area contributed by atoms with Gasteiger partial charge in [-0.2, -0.15) is 5.10 Å². The summed E-state index contributed by atoms with van der Waals surface area (Å²) in [6.07, 6.45) is 0. The van der Waals surface area contributed by atoms with Crippen LogP contribution in [0.5, 0.6) is 0 Å². The zero-order valence-corrected chi connectivity index (χ0v) is 11.8. The Balaban J connectivity index is 2.13. The Kier molecular flexibility index (Phi) is 4.02. The van der Waals surface area contributed by atoms with E-state index < -0.39 is 0 Å². The van der Waals surface area contributed by atoms with Crippen molar-refractivity contribution in [2.45, 2.75) is 19.9 Å². The summed E-state index contributed by atoms with van der Waals surface area (Å²) >= 11 is 0. The summed E-state index contributed by atoms with van der Waals surface area (Å²) in [7, 11) is 1.59. The van der Waals surface area contributed by atoms with Gasteiger partial charge in [0.2, 0.25) is 5.91 Å². The highest BCUT2D eigenvalue weighted by atomic mass is 16.2. The van der Waals surface area contributed by atoms with Crippen LogP contribution in [0.25, 0.3) is 10.9 Å². The number of aromatic amines is 1. The fraction of sp³-hybridized carbons (Fsp3) is 0.357. The summed E-state index contributed by atoms with van der Waals surface area (Å²) in [5, 5.41) is 10.4. The quantitative estimate of drug-likeness (QED) is 0.878. The van der Waals surface area contributed by atoms with Crippen LogP contribution in [0, 0.1) is 0 Å². The van der Waals surface area contributed by atoms with E-state index in [1.54, 1.807) is 7.05 Å². The van der Waals surface area contributed by atoms with Crippen molar-refractivity contribution in [1.29, 1.82) is 0 Å². The van der Waals surface area contributed by atoms with E-state index in [-0.39, 0.29) is 24.4 Å². The number of para-hydroxylation sites is 1. The van der Waals surface area contributed by atoms with Crippen molar-refractivity contribution in [3.8, 4) is 0 Å². The Bertz CT molecular complexity index is 633. The van der Waals surface area contributed by atoms with Crippen molar-refractivity contribution >= 4 is 22.7 Å². The van der Waals surface area contributed by atoms with Gasteiger partial charge in [-0.25, -0.2) is 0 Å². The van der Waals surface area contributed by atoms with Gasteiger partial charge in [0.05, 0.1) is 12.1 Å². The highest BCUT2D eigenvalue weighted by Crippen LogP contribution is 2.16. The molecule has 0 aliphatic heterocycles. The van der Waals surface area contributed by atoms with Gasteiger partial charge in [-0.1, -0.05) is 18.2 Å². The largest absolute Gasteiger partial charge is 0.352 e. The number of nitrogens with one attached hydrogen (secondary N) is 2. The van der Waals surface area contributed by atoms with Crippen molar-refractivity contribution in [3.63, 3.8) is 0 Å². The molecular weight excluding hydrogens is 256 g/mol. The molecule has 1 heterocycles. The minimum atomic E-state index is -0.277. The number of aromatic nitrogens is 2. The number of carbonyl (C=O) groups is 2. The summed E-state index contributed by atoms with van der Waals surface area (Å²) in [5.74, 6) is -0.461. The average molecular weight is 274 g/mol. The molecule has 1 aromatic carbocycles. The number of fused-ring (bicyclic) bond motifs is 1. The molecule has 0 bridgehead atoms. The minimum absolute atomic E-state index is 0.0121. The van der Waals surface area contributed by atoms with Crippen molar-refractivity contribution in [2.75, 3.05) is 13.6 Å². The number of benzene rings is 1. The number of likely N-dealkylation sites (N-methyl/N-ethyl adjacent to an activating group) is 1. The lowest BCUT2D eigenvalue weighted by atomic mass is 10.2. The van der Waals surface area contributed by atoms with E-state index in [9.17, 15) is 9.59 Å². The maximum atomic E-state index is 12.3. The van der Waals surface area contributed by atoms with E-state index in [4.69, 9.17) is 0 Å². The molecule has 0 saturated heterocycles. The van der Waals surface area contributed by atoms with Crippen LogP contribution in [0.3, 0.4) is 0 Å². The van der Waals surface area contributed by atoms with E-state index in [1.165, 1.54) is 4.90 Å². The van der Waals surface area contributed by atoms with E-state index in [2.05, 4.69) is 15.5 Å². The number of carbonyl (C=O) groups excluding carboxylic acids is 2. The first-order valence-corrected chi connectivity index (χ1v) is 6.47. The molecule has 1 aromatic heterocycles. The Morgan fingerprint density at radius 2 is 2.05 bits per heavy atom. The number of rotatable bonds is 4. The van der Waals surface area contributed by atoms with Gasteiger partial charge in [0.1, 0.15) is 0 Å². The van der Waals surface area contributed by atoms with Gasteiger partial charge in [0, 0.05) is 18.5 Å². The second-order valence-electron chi connectivity index (χ2n) is 5.00. The predicted molar refractivity (Wildman–Crippen MR) is 76.3 cm³/mol. The second kappa shape index (κ2) is 5.73. The molecule has 0 spiro atoms. The van der Waals surface area contributed by atoms with E-state index in [0.717, 1.165) is 10.9 Å². The number of amides is 2. The predicted octanol–water partition coefficient (Wildman–Crippen LogP) is 1.16. The molecule has 20 heavy (non-hydrogen) atoms. The normalized spacial score (nSPS) is 10.8. The third-order valence-electron chi connectivity index (χ3n) is 2.85. The van der Waals surface area contributed by atoms with Gasteiger partial charge in [0.15, 0.2) is 5.69 Å². The summed E-state index contributed by atoms with van der Waals surface area (Å²) in [5.41, 5.74) is 1.14. The summed E-state index contributed by atoms with van der Waals surface area (Å²) in [4.78, 5) is 25.3. The molecule has 0 saturated carbocycles. The first-order chi connectivity index (χ1) is 9.49. The van der Waals surface area contributed by atoms with E-state index in [1.807, 2.05) is 38.1 Å². The standard InChI is InChI=1S/C14H18N4O2/c1-9(2)15-12(19)8-18(3)14(20)13-10-6-4-5-7-11(10)16-17-13/h4-7,9H,8H2,1-3H3,(H,15,19)(H,16,17). The van der Waals surface area contributed by atoms with Gasteiger partial charge < -0.3 is 10.2 Å². The highest BCUT2D eigenvalue weighted by molar-refractivity contribution is 6.05. The minimum Gasteiger partial charge on any atom is -0.352 e. The third-order valence-corrected chi connectivity index (χ3v) is 2.85. The fourth-order valence-corrected chi connectivity index (χ4v) is 1.96. The molecule has 0 radical (unpaired) electrons. The van der Waals surface area contributed by atoms with Crippen LogP contribution in [0.1, 0.15) is 24.3 Å². The van der Waals surface area contributed by atoms with Crippen molar-refractivity contribution in [3.05, 3.63) is 30.0 Å². The molecule has 2 N–H and O–H groups in total. The highest BCUT2D eigenvalue weighted by Gasteiger charge is 2.19. The fourth-order valence-electron chi connectivity index (χ4n) is 1.96. The van der Waals surface area contributed by atoms with Crippen LogP contribution in [0.2, 0.25) is 0 Å². The van der Waals surface area contributed by atoms with E-state index in [0.29, 0.717) is 5.69 Å². The molecular formula is C14H18N4O2. The zero-order valence-electron chi connectivity index (χ0n) is 11.8. The summed E-state index contributed by atoms with van der Waals surface area (Å²) < 4.78 is 0. The Labute approximate surface area is 117 Å². The lowest BCUT2D eigenvalue weighted by Crippen LogP contribution is -2.41. The van der Waals surface area contributed by atoms with Crippen LogP contribution >= 0.6 is 0 Å². The van der Waals surface area contributed by atoms with Gasteiger partial charge in [-0.15, -0.1) is 0 Å². The monoisotopic (exact) mass is 274 g/mol. The molecule has 0 unspecified atom stereocenters. The number of hydrogen-bond donors (Lipinski definition) is 2. The van der Waals surface area contributed by atoms with Crippen LogP contribution < -0.4 is 5.32 Å². The smallest absolute Gasteiger partial charge is 0.275 e. The number of H-pyrrole nitrogens is 1. The maximum Gasteiger partial charge on any atom is 0.275 e. The molecule has 0 aliphatic carbocycles. The molecule has 0 atom stereocenters. The van der Waals surface area contributed by atoms with E-state index >= 15 is 0 Å². The molecule has 106 valence electrons. The maximum absolute atomic E-state index is 12.3.